The van der Waals surface area contributed by atoms with Crippen LogP contribution in [0, 0.1) is 0 Å². The molecule has 1 aromatic rings. The number of aromatic nitrogens is 2. The van der Waals surface area contributed by atoms with E-state index in [-0.39, 0.29) is 0 Å². The van der Waals surface area contributed by atoms with E-state index in [0.29, 0.717) is 10.7 Å². The summed E-state index contributed by atoms with van der Waals surface area (Å²) in [5.41, 5.74) is 1.39. The number of carbonyl (C=O) groups is 1. The summed E-state index contributed by atoms with van der Waals surface area (Å²) >= 11 is 6.07. The van der Waals surface area contributed by atoms with Crippen LogP contribution in [0.4, 0.5) is 0 Å². The Morgan fingerprint density at radius 3 is 2.67 bits per heavy atom. The van der Waals surface area contributed by atoms with Gasteiger partial charge in [0.2, 0.25) is 0 Å². The van der Waals surface area contributed by atoms with Crippen molar-refractivity contribution in [2.24, 2.45) is 0 Å². The van der Waals surface area contributed by atoms with Gasteiger partial charge in [0, 0.05) is 6.54 Å². The zero-order valence-electron chi connectivity index (χ0n) is 9.29. The number of aldehydes is 1. The summed E-state index contributed by atoms with van der Waals surface area (Å²) in [5, 5.41) is 4.85. The van der Waals surface area contributed by atoms with Gasteiger partial charge in [0.1, 0.15) is 5.15 Å². The Morgan fingerprint density at radius 1 is 1.40 bits per heavy atom. The largest absolute Gasteiger partial charge is 0.298 e. The van der Waals surface area contributed by atoms with Crippen LogP contribution in [-0.4, -0.2) is 16.1 Å². The zero-order chi connectivity index (χ0) is 11.3. The van der Waals surface area contributed by atoms with E-state index in [1.165, 1.54) is 0 Å². The molecule has 4 heteroatoms. The van der Waals surface area contributed by atoms with E-state index >= 15 is 0 Å². The van der Waals surface area contributed by atoms with Crippen LogP contribution in [0.15, 0.2) is 0 Å². The van der Waals surface area contributed by atoms with Crippen LogP contribution in [0.25, 0.3) is 0 Å². The molecule has 84 valence electrons. The zero-order valence-corrected chi connectivity index (χ0v) is 10.0. The monoisotopic (exact) mass is 228 g/mol. The fraction of sp³-hybridized carbons (Fsp3) is 0.636. The first-order valence-electron chi connectivity index (χ1n) is 5.44. The van der Waals surface area contributed by atoms with Crippen molar-refractivity contribution in [2.45, 2.75) is 46.1 Å². The highest BCUT2D eigenvalue weighted by atomic mass is 35.5. The van der Waals surface area contributed by atoms with Crippen LogP contribution in [0.5, 0.6) is 0 Å². The molecule has 1 heterocycles. The molecular weight excluding hydrogens is 212 g/mol. The van der Waals surface area contributed by atoms with E-state index in [0.717, 1.165) is 44.2 Å². The summed E-state index contributed by atoms with van der Waals surface area (Å²) in [5.74, 6) is 0. The molecule has 1 rings (SSSR count). The SMILES string of the molecule is CCCCn1nc(CCC)c(C=O)c1Cl. The number of unbranched alkanes of at least 4 members (excludes halogenated alkanes) is 1. The molecule has 0 bridgehead atoms. The molecule has 0 amide bonds. The minimum absolute atomic E-state index is 0.488. The first kappa shape index (κ1) is 12.2. The number of rotatable bonds is 6. The van der Waals surface area contributed by atoms with Crippen molar-refractivity contribution < 1.29 is 4.79 Å². The average Bonchev–Trinajstić information content (AvgIpc) is 2.52. The number of nitrogens with zero attached hydrogens (tertiary/aromatic N) is 2. The molecule has 0 radical (unpaired) electrons. The van der Waals surface area contributed by atoms with E-state index in [1.807, 2.05) is 0 Å². The van der Waals surface area contributed by atoms with Crippen molar-refractivity contribution in [2.75, 3.05) is 0 Å². The standard InChI is InChI=1S/C11H17ClN2O/c1-3-5-7-14-11(12)9(8-15)10(13-14)6-4-2/h8H,3-7H2,1-2H3. The lowest BCUT2D eigenvalue weighted by Gasteiger charge is -2.00. The van der Waals surface area contributed by atoms with Gasteiger partial charge < -0.3 is 0 Å². The number of aryl methyl sites for hydroxylation is 2. The van der Waals surface area contributed by atoms with Crippen molar-refractivity contribution in [1.82, 2.24) is 9.78 Å². The first-order chi connectivity index (χ1) is 7.24. The lowest BCUT2D eigenvalue weighted by atomic mass is 10.2. The molecular formula is C11H17ClN2O. The van der Waals surface area contributed by atoms with Gasteiger partial charge in [-0.1, -0.05) is 38.3 Å². The molecule has 0 aliphatic carbocycles. The second-order valence-electron chi connectivity index (χ2n) is 3.60. The number of hydrogen-bond donors (Lipinski definition) is 0. The molecule has 0 fully saturated rings. The summed E-state index contributed by atoms with van der Waals surface area (Å²) in [6, 6.07) is 0. The van der Waals surface area contributed by atoms with Gasteiger partial charge in [-0.3, -0.25) is 9.48 Å². The molecule has 0 aromatic carbocycles. The normalized spacial score (nSPS) is 10.6. The topological polar surface area (TPSA) is 34.9 Å². The van der Waals surface area contributed by atoms with E-state index in [4.69, 9.17) is 11.6 Å². The van der Waals surface area contributed by atoms with Crippen molar-refractivity contribution in [1.29, 1.82) is 0 Å². The Balaban J connectivity index is 2.92. The molecule has 0 spiro atoms. The molecule has 0 saturated carbocycles. The van der Waals surface area contributed by atoms with Crippen molar-refractivity contribution in [3.63, 3.8) is 0 Å². The third-order valence-electron chi connectivity index (χ3n) is 2.33. The lowest BCUT2D eigenvalue weighted by Crippen LogP contribution is -2.00. The van der Waals surface area contributed by atoms with Crippen LogP contribution < -0.4 is 0 Å². The van der Waals surface area contributed by atoms with Gasteiger partial charge >= 0.3 is 0 Å². The van der Waals surface area contributed by atoms with E-state index in [9.17, 15) is 4.79 Å². The molecule has 0 atom stereocenters. The number of carbonyl (C=O) groups excluding carboxylic acids is 1. The van der Waals surface area contributed by atoms with Crippen LogP contribution in [0.1, 0.15) is 49.2 Å². The van der Waals surface area contributed by atoms with Crippen molar-refractivity contribution in [3.05, 3.63) is 16.4 Å². The Kier molecular flexibility index (Phi) is 4.82. The van der Waals surface area contributed by atoms with Gasteiger partial charge in [-0.05, 0) is 12.8 Å². The van der Waals surface area contributed by atoms with E-state index < -0.39 is 0 Å². The summed E-state index contributed by atoms with van der Waals surface area (Å²) < 4.78 is 1.74. The smallest absolute Gasteiger partial charge is 0.155 e. The minimum Gasteiger partial charge on any atom is -0.298 e. The summed E-state index contributed by atoms with van der Waals surface area (Å²) in [4.78, 5) is 10.9. The summed E-state index contributed by atoms with van der Waals surface area (Å²) in [6.45, 7) is 4.97. The van der Waals surface area contributed by atoms with Crippen LogP contribution in [-0.2, 0) is 13.0 Å². The molecule has 0 saturated heterocycles. The van der Waals surface area contributed by atoms with E-state index in [2.05, 4.69) is 18.9 Å². The van der Waals surface area contributed by atoms with E-state index in [1.54, 1.807) is 4.68 Å². The van der Waals surface area contributed by atoms with Gasteiger partial charge in [-0.2, -0.15) is 5.10 Å². The molecule has 0 aliphatic heterocycles. The van der Waals surface area contributed by atoms with Crippen LogP contribution >= 0.6 is 11.6 Å². The molecule has 3 nitrogen and oxygen atoms in total. The maximum absolute atomic E-state index is 10.9. The van der Waals surface area contributed by atoms with Crippen molar-refractivity contribution in [3.8, 4) is 0 Å². The minimum atomic E-state index is 0.488. The second kappa shape index (κ2) is 5.91. The summed E-state index contributed by atoms with van der Waals surface area (Å²) in [7, 11) is 0. The Hall–Kier alpha value is -0.830. The second-order valence-corrected chi connectivity index (χ2v) is 3.95. The van der Waals surface area contributed by atoms with Gasteiger partial charge in [0.15, 0.2) is 6.29 Å². The van der Waals surface area contributed by atoms with Crippen LogP contribution in [0.2, 0.25) is 5.15 Å². The molecule has 15 heavy (non-hydrogen) atoms. The van der Waals surface area contributed by atoms with Gasteiger partial charge in [-0.25, -0.2) is 0 Å². The molecule has 0 aliphatic rings. The highest BCUT2D eigenvalue weighted by molar-refractivity contribution is 6.32. The molecule has 1 aromatic heterocycles. The summed E-state index contributed by atoms with van der Waals surface area (Å²) in [6.07, 6.45) is 4.72. The molecule has 0 unspecified atom stereocenters. The fourth-order valence-corrected chi connectivity index (χ4v) is 1.77. The van der Waals surface area contributed by atoms with Crippen LogP contribution in [0.3, 0.4) is 0 Å². The van der Waals surface area contributed by atoms with Gasteiger partial charge in [0.05, 0.1) is 11.3 Å². The maximum Gasteiger partial charge on any atom is 0.155 e. The fourth-order valence-electron chi connectivity index (χ4n) is 1.50. The average molecular weight is 229 g/mol. The first-order valence-corrected chi connectivity index (χ1v) is 5.82. The van der Waals surface area contributed by atoms with Crippen molar-refractivity contribution >= 4 is 17.9 Å². The Bertz CT molecular complexity index is 334. The van der Waals surface area contributed by atoms with Gasteiger partial charge in [-0.15, -0.1) is 0 Å². The van der Waals surface area contributed by atoms with Gasteiger partial charge in [0.25, 0.3) is 0 Å². The highest BCUT2D eigenvalue weighted by Gasteiger charge is 2.14. The number of hydrogen-bond acceptors (Lipinski definition) is 2. The third-order valence-corrected chi connectivity index (χ3v) is 2.73. The third kappa shape index (κ3) is 2.81. The maximum atomic E-state index is 10.9. The molecule has 0 N–H and O–H groups in total. The Labute approximate surface area is 95.4 Å². The predicted octanol–water partition coefficient (Wildman–Crippen LogP) is 3.10. The quantitative estimate of drug-likeness (QED) is 0.702. The lowest BCUT2D eigenvalue weighted by molar-refractivity contribution is 0.112. The Morgan fingerprint density at radius 2 is 2.13 bits per heavy atom. The predicted molar refractivity (Wildman–Crippen MR) is 61.5 cm³/mol. The number of halogens is 1. The highest BCUT2D eigenvalue weighted by Crippen LogP contribution is 2.19.